The van der Waals surface area contributed by atoms with Gasteiger partial charge in [-0.2, -0.15) is 0 Å². The Morgan fingerprint density at radius 1 is 1.58 bits per heavy atom. The molecule has 1 unspecified atom stereocenters. The van der Waals surface area contributed by atoms with Crippen LogP contribution in [0.3, 0.4) is 0 Å². The lowest BCUT2D eigenvalue weighted by Crippen LogP contribution is -2.15. The molecule has 0 aliphatic rings. The Hall–Kier alpha value is -1.86. The molecule has 1 atom stereocenters. The molecule has 0 heterocycles. The number of methoxy groups -OCH3 is 1. The Labute approximate surface area is 116 Å². The van der Waals surface area contributed by atoms with Crippen molar-refractivity contribution in [3.63, 3.8) is 0 Å². The molecule has 0 saturated heterocycles. The van der Waals surface area contributed by atoms with Gasteiger partial charge in [-0.25, -0.2) is 0 Å². The monoisotopic (exact) mass is 290 g/mol. The van der Waals surface area contributed by atoms with Crippen LogP contribution in [-0.4, -0.2) is 29.6 Å². The quantitative estimate of drug-likeness (QED) is 0.374. The minimum absolute atomic E-state index is 0. The average Bonchev–Trinajstić information content (AvgIpc) is 2.37. The van der Waals surface area contributed by atoms with E-state index in [-0.39, 0.29) is 41.9 Å². The lowest BCUT2D eigenvalue weighted by molar-refractivity contribution is -0.385. The fourth-order valence-corrected chi connectivity index (χ4v) is 1.42. The SMILES string of the molecule is CCOC(=N)C(O)c1cc([N+](=O)[O-])ccc1OC.Cl. The maximum atomic E-state index is 10.7. The predicted molar refractivity (Wildman–Crippen MR) is 71.2 cm³/mol. The summed E-state index contributed by atoms with van der Waals surface area (Å²) in [4.78, 5) is 10.1. The number of hydrogen-bond acceptors (Lipinski definition) is 6. The first-order chi connectivity index (χ1) is 8.51. The van der Waals surface area contributed by atoms with Crippen molar-refractivity contribution >= 4 is 24.0 Å². The molecule has 0 spiro atoms. The summed E-state index contributed by atoms with van der Waals surface area (Å²) in [6.07, 6.45) is -1.39. The molecule has 1 rings (SSSR count). The Morgan fingerprint density at radius 2 is 2.21 bits per heavy atom. The second kappa shape index (κ2) is 7.55. The van der Waals surface area contributed by atoms with Crippen molar-refractivity contribution in [3.05, 3.63) is 33.9 Å². The van der Waals surface area contributed by atoms with Crippen LogP contribution in [0.2, 0.25) is 0 Å². The third-order valence-electron chi connectivity index (χ3n) is 2.27. The van der Waals surface area contributed by atoms with Crippen LogP contribution >= 0.6 is 12.4 Å². The van der Waals surface area contributed by atoms with E-state index in [4.69, 9.17) is 14.9 Å². The Morgan fingerprint density at radius 3 is 2.68 bits per heavy atom. The molecule has 7 nitrogen and oxygen atoms in total. The molecule has 0 aromatic heterocycles. The normalized spacial score (nSPS) is 11.1. The van der Waals surface area contributed by atoms with Crippen molar-refractivity contribution in [3.8, 4) is 5.75 Å². The lowest BCUT2D eigenvalue weighted by Gasteiger charge is -2.15. The third-order valence-corrected chi connectivity index (χ3v) is 2.27. The summed E-state index contributed by atoms with van der Waals surface area (Å²) < 4.78 is 9.86. The highest BCUT2D eigenvalue weighted by Crippen LogP contribution is 2.30. The van der Waals surface area contributed by atoms with E-state index in [1.165, 1.54) is 19.2 Å². The summed E-state index contributed by atoms with van der Waals surface area (Å²) in [5, 5.41) is 28.0. The smallest absolute Gasteiger partial charge is 0.270 e. The zero-order valence-electron chi connectivity index (χ0n) is 10.5. The van der Waals surface area contributed by atoms with Crippen LogP contribution in [0.1, 0.15) is 18.6 Å². The zero-order valence-corrected chi connectivity index (χ0v) is 11.3. The number of nitrogens with one attached hydrogen (secondary N) is 1. The molecule has 1 aromatic carbocycles. The van der Waals surface area contributed by atoms with Crippen LogP contribution in [0.15, 0.2) is 18.2 Å². The molecule has 0 fully saturated rings. The zero-order chi connectivity index (χ0) is 13.7. The van der Waals surface area contributed by atoms with Crippen LogP contribution in [0.25, 0.3) is 0 Å². The molecule has 0 aliphatic heterocycles. The molecule has 106 valence electrons. The van der Waals surface area contributed by atoms with Gasteiger partial charge < -0.3 is 14.6 Å². The van der Waals surface area contributed by atoms with Gasteiger partial charge in [0.25, 0.3) is 5.69 Å². The van der Waals surface area contributed by atoms with Crippen LogP contribution < -0.4 is 4.74 Å². The van der Waals surface area contributed by atoms with E-state index in [1.807, 2.05) is 0 Å². The van der Waals surface area contributed by atoms with Crippen molar-refractivity contribution < 1.29 is 19.5 Å². The minimum atomic E-state index is -1.39. The number of nitrogens with zero attached hydrogens (tertiary/aromatic N) is 1. The number of benzene rings is 1. The molecule has 0 bridgehead atoms. The number of aliphatic hydroxyl groups excluding tert-OH is 1. The Bertz CT molecular complexity index is 466. The minimum Gasteiger partial charge on any atom is -0.496 e. The predicted octanol–water partition coefficient (Wildman–Crippen LogP) is 2.07. The second-order valence-corrected chi connectivity index (χ2v) is 3.38. The molecule has 0 saturated carbocycles. The summed E-state index contributed by atoms with van der Waals surface area (Å²) in [6, 6.07) is 3.80. The van der Waals surface area contributed by atoms with Gasteiger partial charge >= 0.3 is 0 Å². The fraction of sp³-hybridized carbons (Fsp3) is 0.364. The Balaban J connectivity index is 0.00000324. The number of hydrogen-bond donors (Lipinski definition) is 2. The first-order valence-electron chi connectivity index (χ1n) is 5.22. The summed E-state index contributed by atoms with van der Waals surface area (Å²) in [5.41, 5.74) is -0.0562. The number of ether oxygens (including phenoxy) is 2. The van der Waals surface area contributed by atoms with E-state index in [0.717, 1.165) is 6.07 Å². The molecular weight excluding hydrogens is 276 g/mol. The molecule has 19 heavy (non-hydrogen) atoms. The van der Waals surface area contributed by atoms with E-state index < -0.39 is 11.0 Å². The number of rotatable bonds is 5. The molecule has 0 aliphatic carbocycles. The van der Waals surface area contributed by atoms with E-state index in [1.54, 1.807) is 6.92 Å². The van der Waals surface area contributed by atoms with Crippen LogP contribution in [-0.2, 0) is 4.74 Å². The maximum Gasteiger partial charge on any atom is 0.270 e. The lowest BCUT2D eigenvalue weighted by atomic mass is 10.1. The van der Waals surface area contributed by atoms with Crippen LogP contribution in [0.4, 0.5) is 5.69 Å². The van der Waals surface area contributed by atoms with Crippen molar-refractivity contribution in [1.29, 1.82) is 5.41 Å². The van der Waals surface area contributed by atoms with Gasteiger partial charge in [-0.1, -0.05) is 0 Å². The summed E-state index contributed by atoms with van der Waals surface area (Å²) >= 11 is 0. The van der Waals surface area contributed by atoms with Gasteiger partial charge in [-0.15, -0.1) is 12.4 Å². The van der Waals surface area contributed by atoms with Gasteiger partial charge in [0.1, 0.15) is 5.75 Å². The van der Waals surface area contributed by atoms with E-state index >= 15 is 0 Å². The highest BCUT2D eigenvalue weighted by molar-refractivity contribution is 5.85. The summed E-state index contributed by atoms with van der Waals surface area (Å²) in [7, 11) is 1.38. The first kappa shape index (κ1) is 17.1. The number of nitro benzene ring substituents is 1. The maximum absolute atomic E-state index is 10.7. The van der Waals surface area contributed by atoms with Crippen molar-refractivity contribution in [1.82, 2.24) is 0 Å². The summed E-state index contributed by atoms with van der Waals surface area (Å²) in [6.45, 7) is 1.90. The van der Waals surface area contributed by atoms with Crippen LogP contribution in [0, 0.1) is 15.5 Å². The molecule has 0 radical (unpaired) electrons. The second-order valence-electron chi connectivity index (χ2n) is 3.38. The van der Waals surface area contributed by atoms with E-state index in [2.05, 4.69) is 0 Å². The molecule has 0 amide bonds. The number of halogens is 1. The number of nitro groups is 1. The number of aliphatic hydroxyl groups is 1. The Kier molecular flexibility index (Phi) is 6.81. The third kappa shape index (κ3) is 4.08. The fourth-order valence-electron chi connectivity index (χ4n) is 1.42. The average molecular weight is 291 g/mol. The molecule has 2 N–H and O–H groups in total. The van der Waals surface area contributed by atoms with Gasteiger partial charge in [0.2, 0.25) is 5.90 Å². The molecule has 1 aromatic rings. The van der Waals surface area contributed by atoms with Gasteiger partial charge in [0.05, 0.1) is 18.6 Å². The van der Waals surface area contributed by atoms with Gasteiger partial charge in [0, 0.05) is 17.7 Å². The first-order valence-corrected chi connectivity index (χ1v) is 5.22. The van der Waals surface area contributed by atoms with Gasteiger partial charge in [0.15, 0.2) is 6.10 Å². The highest BCUT2D eigenvalue weighted by Gasteiger charge is 2.22. The van der Waals surface area contributed by atoms with Crippen LogP contribution in [0.5, 0.6) is 5.75 Å². The molecular formula is C11H15ClN2O5. The molecule has 8 heteroatoms. The highest BCUT2D eigenvalue weighted by atomic mass is 35.5. The van der Waals surface area contributed by atoms with Gasteiger partial charge in [-0.05, 0) is 13.0 Å². The largest absolute Gasteiger partial charge is 0.496 e. The summed E-state index contributed by atoms with van der Waals surface area (Å²) in [5.74, 6) is -0.117. The topological polar surface area (TPSA) is 106 Å². The van der Waals surface area contributed by atoms with Crippen molar-refractivity contribution in [2.24, 2.45) is 0 Å². The van der Waals surface area contributed by atoms with E-state index in [9.17, 15) is 15.2 Å². The van der Waals surface area contributed by atoms with E-state index in [0.29, 0.717) is 0 Å². The number of non-ortho nitro benzene ring substituents is 1. The van der Waals surface area contributed by atoms with Crippen molar-refractivity contribution in [2.45, 2.75) is 13.0 Å². The van der Waals surface area contributed by atoms with Crippen molar-refractivity contribution in [2.75, 3.05) is 13.7 Å². The standard InChI is InChI=1S/C11H14N2O5.ClH/c1-3-18-11(12)10(14)8-6-7(13(15)16)4-5-9(8)17-2;/h4-6,10,12,14H,3H2,1-2H3;1H. The van der Waals surface area contributed by atoms with Gasteiger partial charge in [-0.3, -0.25) is 15.5 Å².